The number of ether oxygens (including phenoxy) is 1. The van der Waals surface area contributed by atoms with Gasteiger partial charge in [0.15, 0.2) is 8.07 Å². The molecule has 0 atom stereocenters. The van der Waals surface area contributed by atoms with Crippen LogP contribution in [0.25, 0.3) is 94.5 Å². The van der Waals surface area contributed by atoms with Crippen LogP contribution in [0.3, 0.4) is 0 Å². The summed E-state index contributed by atoms with van der Waals surface area (Å²) in [6.45, 7) is 6.44. The molecule has 14 aromatic rings. The summed E-state index contributed by atoms with van der Waals surface area (Å²) in [6, 6.07) is 36.2. The summed E-state index contributed by atoms with van der Waals surface area (Å²) < 4.78 is 212. The second-order valence-corrected chi connectivity index (χ2v) is 27.8. The molecule has 0 unspecified atom stereocenters. The molecule has 0 fully saturated rings. The number of pyridine rings is 1. The predicted octanol–water partition coefficient (Wildman–Crippen LogP) is 17.6. The van der Waals surface area contributed by atoms with Crippen LogP contribution in [0.2, 0.25) is 0 Å². The molecule has 0 aliphatic carbocycles. The highest BCUT2D eigenvalue weighted by Crippen LogP contribution is 2.48. The van der Waals surface area contributed by atoms with Crippen LogP contribution in [0.15, 0.2) is 267 Å². The Morgan fingerprint density at radius 2 is 1.02 bits per heavy atom. The number of aromatic nitrogens is 4. The van der Waals surface area contributed by atoms with Gasteiger partial charge in [0.2, 0.25) is 0 Å². The summed E-state index contributed by atoms with van der Waals surface area (Å²) in [5.74, 6) is 1.34. The van der Waals surface area contributed by atoms with Gasteiger partial charge in [-0.1, -0.05) is 247 Å². The molecule has 4 heterocycles. The zero-order valence-electron chi connectivity index (χ0n) is 69.9. The van der Waals surface area contributed by atoms with E-state index in [0.29, 0.717) is 44.9 Å². The lowest BCUT2D eigenvalue weighted by atomic mass is 9.80. The van der Waals surface area contributed by atoms with Crippen LogP contribution >= 0.6 is 0 Å². The van der Waals surface area contributed by atoms with Gasteiger partial charge in [0.1, 0.15) is 17.3 Å². The summed E-state index contributed by atoms with van der Waals surface area (Å²) in [5, 5.41) is -0.489. The Kier molecular flexibility index (Phi) is 8.65. The van der Waals surface area contributed by atoms with Crippen LogP contribution < -0.4 is 30.1 Å². The maximum atomic E-state index is 10.2. The molecular formula is C82H68N4OSi. The lowest BCUT2D eigenvalue weighted by Crippen LogP contribution is -2.74. The maximum Gasteiger partial charge on any atom is 0.269 e. The molecule has 0 bridgehead atoms. The second-order valence-electron chi connectivity index (χ2n) is 24.2. The largest absolute Gasteiger partial charge is 0.458 e. The second kappa shape index (κ2) is 21.1. The molecule has 0 radical (unpaired) electrons. The van der Waals surface area contributed by atoms with Crippen molar-refractivity contribution in [2.75, 3.05) is 0 Å². The Morgan fingerprint density at radius 3 is 1.65 bits per heavy atom. The minimum absolute atomic E-state index is 0.0715. The first kappa shape index (κ1) is 36.1. The summed E-state index contributed by atoms with van der Waals surface area (Å²) in [7, 11) is -5.96. The fourth-order valence-electron chi connectivity index (χ4n) is 12.7. The summed E-state index contributed by atoms with van der Waals surface area (Å²) in [6.07, 6.45) is 5.48. The number of aryl methyl sites for hydroxylation is 2. The van der Waals surface area contributed by atoms with E-state index in [-0.39, 0.29) is 66.6 Å². The molecule has 88 heavy (non-hydrogen) atoms. The van der Waals surface area contributed by atoms with Gasteiger partial charge in [-0.3, -0.25) is 13.7 Å². The van der Waals surface area contributed by atoms with E-state index in [9.17, 15) is 24.7 Å². The van der Waals surface area contributed by atoms with Gasteiger partial charge in [0.25, 0.3) is 6.33 Å². The highest BCUT2D eigenvalue weighted by molar-refractivity contribution is 7.20. The molecule has 1 aliphatic heterocycles. The van der Waals surface area contributed by atoms with Crippen molar-refractivity contribution in [2.24, 2.45) is 0 Å². The van der Waals surface area contributed by atoms with Crippen LogP contribution in [-0.2, 0) is 10.8 Å². The van der Waals surface area contributed by atoms with Crippen molar-refractivity contribution < 1.29 is 38.1 Å². The molecule has 0 amide bonds. The molecular weight excluding hydrogens is 1090 g/mol. The van der Waals surface area contributed by atoms with Gasteiger partial charge in [-0.25, -0.2) is 4.98 Å². The molecule has 11 aromatic carbocycles. The molecule has 1 aliphatic rings. The Bertz CT molecular complexity index is 5960. The standard InChI is InChI=1S/C82H68N4OSi/c1-54-26-24-27-55(2)78(54)73-47-57(82(6,7)8)46-71-67-38-20-18-36-65(67)66-37-19-21-39-68(66)72-51-64(88(61-30-12-9-13-31-61,62-32-14-10-15-33-62)63-34-16-11-17-35-63)52-76-80(72)85(79(71)73)53-84(76)58-28-25-29-59(49-58)87-60-42-43-70-69-40-22-23-41-74(69)86(75(70)50-60)77-48-56(44-45-83-77)81(3,4)5/h9-52H,1-8H3/i1D3,2D3,9D,10D,11D,12D,13D,14D,15D,16D,17D,30D,31D,32D,33D,34D,35D. The highest BCUT2D eigenvalue weighted by atomic mass is 28.3. The van der Waals surface area contributed by atoms with Crippen molar-refractivity contribution in [3.05, 3.63) is 295 Å². The third kappa shape index (κ3) is 8.96. The number of para-hydroxylation sites is 1. The predicted molar refractivity (Wildman–Crippen MR) is 368 cm³/mol. The van der Waals surface area contributed by atoms with Gasteiger partial charge in [-0.05, 0) is 161 Å². The van der Waals surface area contributed by atoms with Crippen LogP contribution in [0.4, 0.5) is 0 Å². The molecule has 0 N–H and O–H groups in total. The molecule has 0 saturated heterocycles. The third-order valence-electron chi connectivity index (χ3n) is 16.9. The highest BCUT2D eigenvalue weighted by Gasteiger charge is 2.43. The topological polar surface area (TPSA) is 35.9 Å². The minimum atomic E-state index is -5.96. The lowest BCUT2D eigenvalue weighted by Gasteiger charge is -2.35. The van der Waals surface area contributed by atoms with Gasteiger partial charge in [-0.2, -0.15) is 0 Å². The number of nitrogens with zero attached hydrogens (tertiary/aromatic N) is 4. The molecule has 5 nitrogen and oxygen atoms in total. The average molecular weight is 1170 g/mol. The number of benzene rings is 11. The maximum absolute atomic E-state index is 10.2. The van der Waals surface area contributed by atoms with Crippen LogP contribution in [0.1, 0.15) is 92.6 Å². The van der Waals surface area contributed by atoms with Crippen molar-refractivity contribution >= 4 is 61.7 Å². The summed E-state index contributed by atoms with van der Waals surface area (Å²) in [4.78, 5) is 4.89. The zero-order valence-corrected chi connectivity index (χ0v) is 49.9. The zero-order chi connectivity index (χ0) is 78.1. The fourth-order valence-corrected chi connectivity index (χ4v) is 16.5. The molecule has 0 spiro atoms. The average Bonchev–Trinajstić information content (AvgIpc) is 1.55. The SMILES string of the molecule is [2H]c1c([2H])c([2H])c([Si](c2cc3c4c(c2)n(-c2cccc(Oc5ccc6c7ccccc7n(-c7cc(C(C)(C)C)ccn7)c6c5)c2)[c-][n+]4-c2c(cc(C(C)(C)C)cc2-c2c(C([2H])([2H])[2H])cccc2C([2H])([2H])[2H])-c2ccccc2-c2ccccc2-3)(c2c([2H])c([2H])c([2H])c([2H])c2[2H])c2c([2H])c([2H])c([2H])c([2H])c2[2H])c([2H])c1[2H]. The quantitative estimate of drug-likeness (QED) is 0.0625. The van der Waals surface area contributed by atoms with E-state index in [2.05, 4.69) is 37.7 Å². The molecule has 15 rings (SSSR count). The van der Waals surface area contributed by atoms with E-state index < -0.39 is 133 Å². The molecule has 6 heteroatoms. The smallest absolute Gasteiger partial charge is 0.269 e. The number of imidazole rings is 1. The van der Waals surface area contributed by atoms with Crippen molar-refractivity contribution in [3.8, 4) is 73.2 Å². The Hall–Kier alpha value is -10.1. The van der Waals surface area contributed by atoms with Gasteiger partial charge < -0.3 is 4.74 Å². The number of fused-ring (bicyclic) bond motifs is 10. The van der Waals surface area contributed by atoms with E-state index in [1.165, 1.54) is 24.3 Å². The van der Waals surface area contributed by atoms with Crippen LogP contribution in [-0.4, -0.2) is 22.2 Å². The number of rotatable bonds is 9. The van der Waals surface area contributed by atoms with E-state index in [0.717, 1.165) is 27.4 Å². The fraction of sp³-hybridized carbons (Fsp3) is 0.122. The van der Waals surface area contributed by atoms with E-state index in [1.807, 2.05) is 112 Å². The molecule has 426 valence electrons. The number of hydrogen-bond acceptors (Lipinski definition) is 2. The Labute approximate surface area is 546 Å². The van der Waals surface area contributed by atoms with Crippen LogP contribution in [0, 0.1) is 20.0 Å². The van der Waals surface area contributed by atoms with Gasteiger partial charge in [0.05, 0.1) is 54.0 Å². The summed E-state index contributed by atoms with van der Waals surface area (Å²) in [5.41, 5.74) is 5.37. The van der Waals surface area contributed by atoms with Crippen molar-refractivity contribution in [3.63, 3.8) is 0 Å². The van der Waals surface area contributed by atoms with Crippen LogP contribution in [0.5, 0.6) is 11.5 Å². The lowest BCUT2D eigenvalue weighted by molar-refractivity contribution is -0.570. The van der Waals surface area contributed by atoms with Crippen molar-refractivity contribution in [2.45, 2.75) is 66.1 Å². The Morgan fingerprint density at radius 1 is 0.466 bits per heavy atom. The normalized spacial score (nSPS) is 16.0. The van der Waals surface area contributed by atoms with Crippen molar-refractivity contribution in [1.82, 2.24) is 14.1 Å². The van der Waals surface area contributed by atoms with Gasteiger partial charge in [-0.15, -0.1) is 0 Å². The van der Waals surface area contributed by atoms with Gasteiger partial charge >= 0.3 is 0 Å². The molecule has 3 aromatic heterocycles. The number of hydrogen-bond donors (Lipinski definition) is 0. The minimum Gasteiger partial charge on any atom is -0.458 e. The van der Waals surface area contributed by atoms with Crippen molar-refractivity contribution in [1.29, 1.82) is 0 Å². The molecule has 0 saturated carbocycles. The van der Waals surface area contributed by atoms with E-state index in [1.54, 1.807) is 63.9 Å². The first-order valence-corrected chi connectivity index (χ1v) is 30.9. The first-order chi connectivity index (χ1) is 51.4. The van der Waals surface area contributed by atoms with E-state index >= 15 is 0 Å². The summed E-state index contributed by atoms with van der Waals surface area (Å²) >= 11 is 0. The van der Waals surface area contributed by atoms with Gasteiger partial charge in [0, 0.05) is 31.3 Å². The Balaban J connectivity index is 1.16. The third-order valence-corrected chi connectivity index (χ3v) is 21.0. The first-order valence-electron chi connectivity index (χ1n) is 39.4. The van der Waals surface area contributed by atoms with E-state index in [4.69, 9.17) is 13.8 Å². The monoisotopic (exact) mass is 1170 g/mol.